The first kappa shape index (κ1) is 20.0. The molecule has 1 aromatic heterocycles. The number of aromatic nitrogens is 1. The highest BCUT2D eigenvalue weighted by atomic mass is 19.4. The van der Waals surface area contributed by atoms with E-state index in [4.69, 9.17) is 4.74 Å². The van der Waals surface area contributed by atoms with E-state index in [0.717, 1.165) is 12.2 Å². The number of pyridine rings is 1. The third-order valence-electron chi connectivity index (χ3n) is 4.43. The van der Waals surface area contributed by atoms with Crippen LogP contribution in [0, 0.1) is 11.8 Å². The van der Waals surface area contributed by atoms with Crippen LogP contribution in [0.15, 0.2) is 48.7 Å². The summed E-state index contributed by atoms with van der Waals surface area (Å²) in [6.45, 7) is 0.892. The molecule has 1 aliphatic rings. The van der Waals surface area contributed by atoms with Crippen LogP contribution in [0.3, 0.4) is 0 Å². The molecule has 5 nitrogen and oxygen atoms in total. The summed E-state index contributed by atoms with van der Waals surface area (Å²) >= 11 is 0. The van der Waals surface area contributed by atoms with Gasteiger partial charge >= 0.3 is 6.18 Å². The van der Waals surface area contributed by atoms with Crippen molar-refractivity contribution in [1.82, 2.24) is 10.3 Å². The summed E-state index contributed by atoms with van der Waals surface area (Å²) in [5.41, 5.74) is 0.547. The van der Waals surface area contributed by atoms with Crippen molar-refractivity contribution in [3.05, 3.63) is 54.4 Å². The number of rotatable bonds is 8. The van der Waals surface area contributed by atoms with Gasteiger partial charge in [0.05, 0.1) is 24.5 Å². The van der Waals surface area contributed by atoms with Gasteiger partial charge in [-0.2, -0.15) is 13.2 Å². The molecule has 8 heteroatoms. The van der Waals surface area contributed by atoms with Crippen LogP contribution in [0.4, 0.5) is 13.2 Å². The molecule has 0 bridgehead atoms. The van der Waals surface area contributed by atoms with Crippen LogP contribution < -0.4 is 14.8 Å². The van der Waals surface area contributed by atoms with E-state index in [-0.39, 0.29) is 29.5 Å². The molecule has 0 saturated heterocycles. The Balaban J connectivity index is 1.43. The minimum atomic E-state index is -4.40. The molecule has 2 aromatic rings. The monoisotopic (exact) mass is 394 g/mol. The molecule has 28 heavy (non-hydrogen) atoms. The molecule has 3 atom stereocenters. The second kappa shape index (κ2) is 8.50. The third kappa shape index (κ3) is 5.87. The van der Waals surface area contributed by atoms with Crippen molar-refractivity contribution >= 4 is 5.91 Å². The number of benzene rings is 1. The first-order valence-electron chi connectivity index (χ1n) is 8.95. The number of nitrogens with zero attached hydrogens (tertiary/aromatic N) is 1. The van der Waals surface area contributed by atoms with E-state index in [9.17, 15) is 18.0 Å². The van der Waals surface area contributed by atoms with Gasteiger partial charge in [0.25, 0.3) is 0 Å². The molecular weight excluding hydrogens is 373 g/mol. The minimum absolute atomic E-state index is 0.0277. The van der Waals surface area contributed by atoms with Crippen molar-refractivity contribution in [3.8, 4) is 11.5 Å². The van der Waals surface area contributed by atoms with Crippen molar-refractivity contribution in [1.29, 1.82) is 0 Å². The van der Waals surface area contributed by atoms with Crippen molar-refractivity contribution in [2.24, 2.45) is 11.8 Å². The number of para-hydroxylation sites is 1. The lowest BCUT2D eigenvalue weighted by Gasteiger charge is -2.14. The molecular formula is C20H21F3N2O3. The van der Waals surface area contributed by atoms with E-state index in [2.05, 4.69) is 15.0 Å². The largest absolute Gasteiger partial charge is 0.493 e. The predicted molar refractivity (Wildman–Crippen MR) is 95.9 cm³/mol. The Labute approximate surface area is 160 Å². The fraction of sp³-hybridized carbons (Fsp3) is 0.400. The Hall–Kier alpha value is -2.77. The number of halogens is 3. The molecule has 1 aromatic carbocycles. The van der Waals surface area contributed by atoms with Crippen LogP contribution in [0.2, 0.25) is 0 Å². The van der Waals surface area contributed by atoms with E-state index in [1.807, 2.05) is 30.3 Å². The normalized spacial score (nSPS) is 19.6. The number of hydrogen-bond donors (Lipinski definition) is 1. The van der Waals surface area contributed by atoms with Gasteiger partial charge in [0.2, 0.25) is 5.91 Å². The number of ether oxygens (including phenoxy) is 2. The standard InChI is InChI=1S/C20H21F3N2O3/c1-13(18-8-7-16(10-24-18)28-12-20(21,22)23)25-19(26)17-9-14(17)11-27-15-5-3-2-4-6-15/h2-8,10,13-14,17H,9,11-12H2,1H3,(H,25,26)/t13-,14+,17-/m1/s1. The maximum absolute atomic E-state index is 12.3. The zero-order chi connectivity index (χ0) is 20.1. The second-order valence-electron chi connectivity index (χ2n) is 6.78. The van der Waals surface area contributed by atoms with Gasteiger partial charge in [0, 0.05) is 11.8 Å². The summed E-state index contributed by atoms with van der Waals surface area (Å²) in [6, 6.07) is 12.0. The fourth-order valence-corrected chi connectivity index (χ4v) is 2.77. The quantitative estimate of drug-likeness (QED) is 0.737. The molecule has 1 fully saturated rings. The Morgan fingerprint density at radius 2 is 1.93 bits per heavy atom. The second-order valence-corrected chi connectivity index (χ2v) is 6.78. The SMILES string of the molecule is C[C@@H](NC(=O)[C@@H]1C[C@H]1COc1ccccc1)c1ccc(OCC(F)(F)F)cn1. The van der Waals surface area contributed by atoms with Crippen LogP contribution >= 0.6 is 0 Å². The molecule has 1 N–H and O–H groups in total. The van der Waals surface area contributed by atoms with E-state index in [0.29, 0.717) is 12.3 Å². The smallest absolute Gasteiger partial charge is 0.422 e. The van der Waals surface area contributed by atoms with E-state index in [1.165, 1.54) is 12.3 Å². The van der Waals surface area contributed by atoms with E-state index < -0.39 is 12.8 Å². The predicted octanol–water partition coefficient (Wildman–Crippen LogP) is 3.92. The van der Waals surface area contributed by atoms with Crippen LogP contribution in [0.25, 0.3) is 0 Å². The van der Waals surface area contributed by atoms with Gasteiger partial charge in [-0.1, -0.05) is 18.2 Å². The van der Waals surface area contributed by atoms with Crippen molar-refractivity contribution in [2.45, 2.75) is 25.6 Å². The van der Waals surface area contributed by atoms with Gasteiger partial charge in [-0.25, -0.2) is 0 Å². The maximum atomic E-state index is 12.3. The molecule has 0 spiro atoms. The molecule has 3 rings (SSSR count). The molecule has 0 aliphatic heterocycles. The average molecular weight is 394 g/mol. The van der Waals surface area contributed by atoms with Crippen molar-refractivity contribution in [3.63, 3.8) is 0 Å². The molecule has 0 radical (unpaired) electrons. The molecule has 150 valence electrons. The lowest BCUT2D eigenvalue weighted by molar-refractivity contribution is -0.153. The number of alkyl halides is 3. The molecule has 1 heterocycles. The average Bonchev–Trinajstić information content (AvgIpc) is 3.45. The summed E-state index contributed by atoms with van der Waals surface area (Å²) in [7, 11) is 0. The van der Waals surface area contributed by atoms with Crippen LogP contribution in [0.1, 0.15) is 25.1 Å². The first-order valence-corrected chi connectivity index (χ1v) is 8.95. The van der Waals surface area contributed by atoms with Crippen molar-refractivity contribution < 1.29 is 27.4 Å². The zero-order valence-corrected chi connectivity index (χ0v) is 15.3. The van der Waals surface area contributed by atoms with Gasteiger partial charge in [0.15, 0.2) is 6.61 Å². The van der Waals surface area contributed by atoms with E-state index >= 15 is 0 Å². The molecule has 1 aliphatic carbocycles. The van der Waals surface area contributed by atoms with Crippen LogP contribution in [-0.2, 0) is 4.79 Å². The highest BCUT2D eigenvalue weighted by Crippen LogP contribution is 2.39. The summed E-state index contributed by atoms with van der Waals surface area (Å²) in [5, 5.41) is 2.88. The van der Waals surface area contributed by atoms with Crippen LogP contribution in [-0.4, -0.2) is 30.3 Å². The Morgan fingerprint density at radius 3 is 2.57 bits per heavy atom. The molecule has 1 saturated carbocycles. The lowest BCUT2D eigenvalue weighted by Crippen LogP contribution is -2.29. The Morgan fingerprint density at radius 1 is 1.18 bits per heavy atom. The highest BCUT2D eigenvalue weighted by Gasteiger charge is 2.43. The minimum Gasteiger partial charge on any atom is -0.493 e. The van der Waals surface area contributed by atoms with Gasteiger partial charge in [0.1, 0.15) is 11.5 Å². The summed E-state index contributed by atoms with van der Waals surface area (Å²) in [4.78, 5) is 16.4. The number of amides is 1. The molecule has 0 unspecified atom stereocenters. The van der Waals surface area contributed by atoms with Crippen LogP contribution in [0.5, 0.6) is 11.5 Å². The van der Waals surface area contributed by atoms with Crippen molar-refractivity contribution in [2.75, 3.05) is 13.2 Å². The Bertz CT molecular complexity index is 782. The third-order valence-corrected chi connectivity index (χ3v) is 4.43. The summed E-state index contributed by atoms with van der Waals surface area (Å²) in [6.07, 6.45) is -2.41. The number of carbonyl (C=O) groups excluding carboxylic acids is 1. The maximum Gasteiger partial charge on any atom is 0.422 e. The summed E-state index contributed by atoms with van der Waals surface area (Å²) < 4.78 is 46.8. The van der Waals surface area contributed by atoms with Gasteiger partial charge < -0.3 is 14.8 Å². The highest BCUT2D eigenvalue weighted by molar-refractivity contribution is 5.81. The number of hydrogen-bond acceptors (Lipinski definition) is 4. The zero-order valence-electron chi connectivity index (χ0n) is 15.3. The Kier molecular flexibility index (Phi) is 6.06. The lowest BCUT2D eigenvalue weighted by atomic mass is 10.2. The molecule has 1 amide bonds. The van der Waals surface area contributed by atoms with Gasteiger partial charge in [-0.15, -0.1) is 0 Å². The van der Waals surface area contributed by atoms with Gasteiger partial charge in [-0.3, -0.25) is 9.78 Å². The summed E-state index contributed by atoms with van der Waals surface area (Å²) in [5.74, 6) is 0.811. The first-order chi connectivity index (χ1) is 13.3. The van der Waals surface area contributed by atoms with E-state index in [1.54, 1.807) is 13.0 Å². The fourth-order valence-electron chi connectivity index (χ4n) is 2.77. The topological polar surface area (TPSA) is 60.5 Å². The number of carbonyl (C=O) groups is 1. The number of nitrogens with one attached hydrogen (secondary N) is 1. The van der Waals surface area contributed by atoms with Gasteiger partial charge in [-0.05, 0) is 37.6 Å².